The first-order valence-corrected chi connectivity index (χ1v) is 11.1. The third-order valence-electron chi connectivity index (χ3n) is 5.98. The van der Waals surface area contributed by atoms with Crippen molar-refractivity contribution in [1.29, 1.82) is 0 Å². The monoisotopic (exact) mass is 434 g/mol. The van der Waals surface area contributed by atoms with Crippen LogP contribution in [0.5, 0.6) is 5.75 Å². The fraction of sp³-hybridized carbons (Fsp3) is 0.400. The van der Waals surface area contributed by atoms with Gasteiger partial charge in [-0.25, -0.2) is 0 Å². The second-order valence-corrected chi connectivity index (χ2v) is 8.56. The third kappa shape index (κ3) is 5.34. The quantitative estimate of drug-likeness (QED) is 0.580. The number of carbonyl (C=O) groups excluding carboxylic acids is 1. The van der Waals surface area contributed by atoms with Crippen LogP contribution in [0.1, 0.15) is 44.1 Å². The molecule has 7 nitrogen and oxygen atoms in total. The average molecular weight is 435 g/mol. The summed E-state index contributed by atoms with van der Waals surface area (Å²) >= 11 is 0. The highest BCUT2D eigenvalue weighted by Gasteiger charge is 2.26. The second kappa shape index (κ2) is 9.96. The van der Waals surface area contributed by atoms with Crippen LogP contribution in [0, 0.1) is 5.92 Å². The largest absolute Gasteiger partial charge is 0.497 e. The predicted octanol–water partition coefficient (Wildman–Crippen LogP) is 4.72. The zero-order valence-electron chi connectivity index (χ0n) is 18.9. The SMILES string of the molecule is COc1ccc(-c2noc(CN3CCC(C(=O)Nc4ccc(C(C)C)cc4)CC3)n2)cc1. The topological polar surface area (TPSA) is 80.5 Å². The summed E-state index contributed by atoms with van der Waals surface area (Å²) in [6, 6.07) is 15.7. The Kier molecular flexibility index (Phi) is 6.85. The number of likely N-dealkylation sites (tertiary alicyclic amines) is 1. The fourth-order valence-corrected chi connectivity index (χ4v) is 3.92. The van der Waals surface area contributed by atoms with Crippen LogP contribution >= 0.6 is 0 Å². The summed E-state index contributed by atoms with van der Waals surface area (Å²) in [7, 11) is 1.64. The Bertz CT molecular complexity index is 1020. The number of hydrogen-bond donors (Lipinski definition) is 1. The molecular formula is C25H30N4O3. The van der Waals surface area contributed by atoms with E-state index in [9.17, 15) is 4.79 Å². The molecule has 1 saturated heterocycles. The molecule has 2 heterocycles. The standard InChI is InChI=1S/C25H30N4O3/c1-17(2)18-4-8-21(9-5-18)26-25(30)20-12-14-29(15-13-20)16-23-27-24(28-32-23)19-6-10-22(31-3)11-7-19/h4-11,17,20H,12-16H2,1-3H3,(H,26,30). The number of hydrogen-bond acceptors (Lipinski definition) is 6. The molecule has 0 atom stereocenters. The maximum absolute atomic E-state index is 12.7. The molecule has 0 spiro atoms. The number of nitrogens with one attached hydrogen (secondary N) is 1. The minimum absolute atomic E-state index is 0.0218. The fourth-order valence-electron chi connectivity index (χ4n) is 3.92. The number of ether oxygens (including phenoxy) is 1. The minimum Gasteiger partial charge on any atom is -0.497 e. The molecule has 1 aromatic heterocycles. The third-order valence-corrected chi connectivity index (χ3v) is 5.98. The summed E-state index contributed by atoms with van der Waals surface area (Å²) in [4.78, 5) is 19.5. The zero-order chi connectivity index (χ0) is 22.5. The molecule has 0 saturated carbocycles. The van der Waals surface area contributed by atoms with E-state index in [0.717, 1.165) is 42.9 Å². The summed E-state index contributed by atoms with van der Waals surface area (Å²) < 4.78 is 10.6. The number of aromatic nitrogens is 2. The normalized spacial score (nSPS) is 15.1. The van der Waals surface area contributed by atoms with Crippen LogP contribution in [0.4, 0.5) is 5.69 Å². The summed E-state index contributed by atoms with van der Waals surface area (Å²) in [6.45, 7) is 6.56. The summed E-state index contributed by atoms with van der Waals surface area (Å²) in [6.07, 6.45) is 1.63. The first-order valence-electron chi connectivity index (χ1n) is 11.1. The average Bonchev–Trinajstić information content (AvgIpc) is 3.28. The van der Waals surface area contributed by atoms with E-state index in [0.29, 0.717) is 24.2 Å². The van der Waals surface area contributed by atoms with E-state index in [2.05, 4.69) is 46.3 Å². The minimum atomic E-state index is 0.0218. The van der Waals surface area contributed by atoms with Gasteiger partial charge in [0.25, 0.3) is 0 Å². The van der Waals surface area contributed by atoms with E-state index in [-0.39, 0.29) is 11.8 Å². The Morgan fingerprint density at radius 2 is 1.81 bits per heavy atom. The van der Waals surface area contributed by atoms with Crippen LogP contribution < -0.4 is 10.1 Å². The Hall–Kier alpha value is -3.19. The molecule has 32 heavy (non-hydrogen) atoms. The van der Waals surface area contributed by atoms with Gasteiger partial charge in [0.05, 0.1) is 13.7 Å². The Balaban J connectivity index is 1.26. The van der Waals surface area contributed by atoms with Crippen molar-refractivity contribution in [2.75, 3.05) is 25.5 Å². The molecule has 4 rings (SSSR count). The van der Waals surface area contributed by atoms with Gasteiger partial charge in [-0.15, -0.1) is 0 Å². The highest BCUT2D eigenvalue weighted by Crippen LogP contribution is 2.24. The van der Waals surface area contributed by atoms with E-state index in [1.165, 1.54) is 5.56 Å². The number of amides is 1. The number of piperidine rings is 1. The second-order valence-electron chi connectivity index (χ2n) is 8.56. The Labute approximate surface area is 188 Å². The van der Waals surface area contributed by atoms with E-state index >= 15 is 0 Å². The van der Waals surface area contributed by atoms with Crippen molar-refractivity contribution in [3.05, 3.63) is 60.0 Å². The van der Waals surface area contributed by atoms with Crippen LogP contribution in [0.25, 0.3) is 11.4 Å². The van der Waals surface area contributed by atoms with Crippen molar-refractivity contribution in [2.45, 2.75) is 39.2 Å². The number of carbonyl (C=O) groups is 1. The number of anilines is 1. The molecular weight excluding hydrogens is 404 g/mol. The molecule has 1 fully saturated rings. The van der Waals surface area contributed by atoms with Crippen LogP contribution in [-0.2, 0) is 11.3 Å². The Morgan fingerprint density at radius 1 is 1.12 bits per heavy atom. The first kappa shape index (κ1) is 22.0. The van der Waals surface area contributed by atoms with Crippen LogP contribution in [0.3, 0.4) is 0 Å². The molecule has 1 amide bonds. The lowest BCUT2D eigenvalue weighted by molar-refractivity contribution is -0.121. The molecule has 0 bridgehead atoms. The molecule has 2 aromatic carbocycles. The molecule has 168 valence electrons. The smallest absolute Gasteiger partial charge is 0.241 e. The van der Waals surface area contributed by atoms with Crippen LogP contribution in [-0.4, -0.2) is 41.1 Å². The van der Waals surface area contributed by atoms with Gasteiger partial charge in [0, 0.05) is 17.2 Å². The van der Waals surface area contributed by atoms with Gasteiger partial charge >= 0.3 is 0 Å². The van der Waals surface area contributed by atoms with Crippen LogP contribution in [0.15, 0.2) is 53.1 Å². The zero-order valence-corrected chi connectivity index (χ0v) is 18.9. The van der Waals surface area contributed by atoms with Crippen molar-refractivity contribution in [3.63, 3.8) is 0 Å². The summed E-state index contributed by atoms with van der Waals surface area (Å²) in [5, 5.41) is 7.16. The van der Waals surface area contributed by atoms with Crippen molar-refractivity contribution in [2.24, 2.45) is 5.92 Å². The maximum Gasteiger partial charge on any atom is 0.241 e. The Morgan fingerprint density at radius 3 is 2.44 bits per heavy atom. The van der Waals surface area contributed by atoms with Crippen molar-refractivity contribution >= 4 is 11.6 Å². The van der Waals surface area contributed by atoms with Gasteiger partial charge in [-0.1, -0.05) is 31.1 Å². The number of methoxy groups -OCH3 is 1. The van der Waals surface area contributed by atoms with Gasteiger partial charge in [0.1, 0.15) is 5.75 Å². The molecule has 1 N–H and O–H groups in total. The van der Waals surface area contributed by atoms with Gasteiger partial charge in [0.15, 0.2) is 0 Å². The molecule has 0 radical (unpaired) electrons. The van der Waals surface area contributed by atoms with Crippen molar-refractivity contribution < 1.29 is 14.1 Å². The summed E-state index contributed by atoms with van der Waals surface area (Å²) in [5.41, 5.74) is 3.02. The number of benzene rings is 2. The van der Waals surface area contributed by atoms with E-state index in [1.807, 2.05) is 36.4 Å². The number of nitrogens with zero attached hydrogens (tertiary/aromatic N) is 3. The molecule has 7 heteroatoms. The molecule has 1 aliphatic rings. The van der Waals surface area contributed by atoms with Gasteiger partial charge in [-0.05, 0) is 73.8 Å². The van der Waals surface area contributed by atoms with Gasteiger partial charge < -0.3 is 14.6 Å². The van der Waals surface area contributed by atoms with E-state index < -0.39 is 0 Å². The van der Waals surface area contributed by atoms with Crippen molar-refractivity contribution in [3.8, 4) is 17.1 Å². The number of rotatable bonds is 7. The predicted molar refractivity (Wildman–Crippen MR) is 123 cm³/mol. The molecule has 3 aromatic rings. The van der Waals surface area contributed by atoms with Crippen molar-refractivity contribution in [1.82, 2.24) is 15.0 Å². The van der Waals surface area contributed by atoms with E-state index in [1.54, 1.807) is 7.11 Å². The van der Waals surface area contributed by atoms with Gasteiger partial charge in [-0.2, -0.15) is 4.98 Å². The highest BCUT2D eigenvalue weighted by atomic mass is 16.5. The maximum atomic E-state index is 12.7. The lowest BCUT2D eigenvalue weighted by Crippen LogP contribution is -2.37. The molecule has 0 aliphatic carbocycles. The van der Waals surface area contributed by atoms with Gasteiger partial charge in [0.2, 0.25) is 17.6 Å². The highest BCUT2D eigenvalue weighted by molar-refractivity contribution is 5.92. The summed E-state index contributed by atoms with van der Waals surface area (Å²) in [5.74, 6) is 2.55. The first-order chi connectivity index (χ1) is 15.5. The van der Waals surface area contributed by atoms with Crippen LogP contribution in [0.2, 0.25) is 0 Å². The van der Waals surface area contributed by atoms with Gasteiger partial charge in [-0.3, -0.25) is 9.69 Å². The molecule has 1 aliphatic heterocycles. The lowest BCUT2D eigenvalue weighted by atomic mass is 9.95. The van der Waals surface area contributed by atoms with E-state index in [4.69, 9.17) is 9.26 Å². The lowest BCUT2D eigenvalue weighted by Gasteiger charge is -2.30. The molecule has 0 unspecified atom stereocenters.